The summed E-state index contributed by atoms with van der Waals surface area (Å²) in [6.07, 6.45) is 5.03. The van der Waals surface area contributed by atoms with E-state index in [9.17, 15) is 18.2 Å². The topological polar surface area (TPSA) is 141 Å². The van der Waals surface area contributed by atoms with Crippen LogP contribution in [0.3, 0.4) is 0 Å². The van der Waals surface area contributed by atoms with Crippen molar-refractivity contribution >= 4 is 21.5 Å². The van der Waals surface area contributed by atoms with Gasteiger partial charge in [0.1, 0.15) is 5.69 Å². The molecular formula is C23H29FN6O4S. The maximum absolute atomic E-state index is 14.3. The van der Waals surface area contributed by atoms with Crippen molar-refractivity contribution in [1.82, 2.24) is 25.4 Å². The van der Waals surface area contributed by atoms with Crippen molar-refractivity contribution < 1.29 is 22.9 Å². The van der Waals surface area contributed by atoms with E-state index >= 15 is 0 Å². The molecule has 3 fully saturated rings. The normalized spacial score (nSPS) is 27.4. The van der Waals surface area contributed by atoms with Gasteiger partial charge in [0.2, 0.25) is 11.8 Å². The molecule has 1 spiro atoms. The van der Waals surface area contributed by atoms with Gasteiger partial charge in [-0.3, -0.25) is 19.5 Å². The molecule has 0 unspecified atom stereocenters. The number of halogens is 1. The van der Waals surface area contributed by atoms with E-state index in [-0.39, 0.29) is 52.1 Å². The summed E-state index contributed by atoms with van der Waals surface area (Å²) < 4.78 is 38.9. The highest BCUT2D eigenvalue weighted by atomic mass is 32.2. The van der Waals surface area contributed by atoms with Crippen molar-refractivity contribution in [1.29, 1.82) is 4.78 Å². The fourth-order valence-electron chi connectivity index (χ4n) is 5.17. The SMILES string of the molecule is COc1cc(-c2cc(C(=O)N3CC[C@@H](C(=O)NC4CCS(=N)(=O)CC4)CC34CC4)[nH]n2)c(F)cn1. The number of nitrogens with zero attached hydrogens (tertiary/aromatic N) is 3. The van der Waals surface area contributed by atoms with Crippen LogP contribution in [0, 0.1) is 16.5 Å². The van der Waals surface area contributed by atoms with Gasteiger partial charge in [0, 0.05) is 56.9 Å². The number of hydrogen-bond acceptors (Lipinski definition) is 7. The number of carbonyl (C=O) groups excluding carboxylic acids is 2. The van der Waals surface area contributed by atoms with Crippen LogP contribution >= 0.6 is 0 Å². The molecule has 188 valence electrons. The molecule has 2 aromatic heterocycles. The van der Waals surface area contributed by atoms with E-state index in [1.165, 1.54) is 19.2 Å². The van der Waals surface area contributed by atoms with Crippen molar-refractivity contribution in [3.05, 3.63) is 29.8 Å². The highest BCUT2D eigenvalue weighted by Crippen LogP contribution is 2.50. The smallest absolute Gasteiger partial charge is 0.272 e. The van der Waals surface area contributed by atoms with Crippen LogP contribution in [0.1, 0.15) is 49.0 Å². The minimum atomic E-state index is -2.48. The van der Waals surface area contributed by atoms with Gasteiger partial charge in [-0.05, 0) is 44.6 Å². The summed E-state index contributed by atoms with van der Waals surface area (Å²) in [4.78, 5) is 31.9. The number of likely N-dealkylation sites (tertiary alicyclic amines) is 1. The number of aromatic nitrogens is 3. The Morgan fingerprint density at radius 3 is 2.71 bits per heavy atom. The predicted octanol–water partition coefficient (Wildman–Crippen LogP) is 2.33. The van der Waals surface area contributed by atoms with E-state index < -0.39 is 15.5 Å². The molecule has 35 heavy (non-hydrogen) atoms. The van der Waals surface area contributed by atoms with Crippen LogP contribution in [0.15, 0.2) is 18.3 Å². The molecule has 10 nitrogen and oxygen atoms in total. The number of ether oxygens (including phenoxy) is 1. The van der Waals surface area contributed by atoms with Crippen LogP contribution in [0.25, 0.3) is 11.3 Å². The van der Waals surface area contributed by atoms with Crippen molar-refractivity contribution in [3.63, 3.8) is 0 Å². The summed E-state index contributed by atoms with van der Waals surface area (Å²) in [6.45, 7) is 0.452. The van der Waals surface area contributed by atoms with Crippen LogP contribution < -0.4 is 10.1 Å². The van der Waals surface area contributed by atoms with Gasteiger partial charge in [0.25, 0.3) is 5.91 Å². The van der Waals surface area contributed by atoms with Crippen LogP contribution in [-0.4, -0.2) is 72.8 Å². The maximum atomic E-state index is 14.3. The number of nitrogens with one attached hydrogen (secondary N) is 3. The summed E-state index contributed by atoms with van der Waals surface area (Å²) in [5, 5.41) is 9.96. The zero-order valence-corrected chi connectivity index (χ0v) is 20.3. The number of rotatable bonds is 5. The third-order valence-corrected chi connectivity index (χ3v) is 9.20. The molecule has 5 rings (SSSR count). The van der Waals surface area contributed by atoms with Gasteiger partial charge in [-0.25, -0.2) is 13.6 Å². The van der Waals surface area contributed by atoms with E-state index in [1.54, 1.807) is 0 Å². The van der Waals surface area contributed by atoms with Gasteiger partial charge in [-0.15, -0.1) is 0 Å². The van der Waals surface area contributed by atoms with Gasteiger partial charge in [0.05, 0.1) is 19.0 Å². The van der Waals surface area contributed by atoms with Gasteiger partial charge in [-0.2, -0.15) is 5.10 Å². The summed E-state index contributed by atoms with van der Waals surface area (Å²) >= 11 is 0. The Hall–Kier alpha value is -3.02. The van der Waals surface area contributed by atoms with Crippen molar-refractivity contribution in [3.8, 4) is 17.1 Å². The fraction of sp³-hybridized carbons (Fsp3) is 0.565. The fourth-order valence-corrected chi connectivity index (χ4v) is 6.70. The second kappa shape index (κ2) is 8.89. The summed E-state index contributed by atoms with van der Waals surface area (Å²) in [6, 6.07) is 2.93. The second-order valence-corrected chi connectivity index (χ2v) is 12.2. The molecule has 0 aromatic carbocycles. The Bertz CT molecular complexity index is 1240. The Labute approximate surface area is 203 Å². The molecule has 2 amide bonds. The van der Waals surface area contributed by atoms with Gasteiger partial charge in [0.15, 0.2) is 5.82 Å². The number of methoxy groups -OCH3 is 1. The minimum absolute atomic E-state index is 0.0160. The van der Waals surface area contributed by atoms with Crippen LogP contribution in [-0.2, 0) is 14.5 Å². The van der Waals surface area contributed by atoms with E-state index in [1.807, 2.05) is 4.90 Å². The number of carbonyl (C=O) groups is 2. The van der Waals surface area contributed by atoms with E-state index in [2.05, 4.69) is 20.5 Å². The minimum Gasteiger partial charge on any atom is -0.481 e. The zero-order chi connectivity index (χ0) is 24.8. The summed E-state index contributed by atoms with van der Waals surface area (Å²) in [5.41, 5.74) is 0.406. The van der Waals surface area contributed by atoms with E-state index in [0.29, 0.717) is 43.7 Å². The lowest BCUT2D eigenvalue weighted by atomic mass is 9.87. The first kappa shape index (κ1) is 23.7. The molecule has 2 saturated heterocycles. The lowest BCUT2D eigenvalue weighted by Crippen LogP contribution is -2.52. The molecule has 1 atom stereocenters. The lowest BCUT2D eigenvalue weighted by molar-refractivity contribution is -0.128. The first-order valence-electron chi connectivity index (χ1n) is 11.8. The van der Waals surface area contributed by atoms with Crippen molar-refractivity contribution in [2.24, 2.45) is 5.92 Å². The Morgan fingerprint density at radius 1 is 1.29 bits per heavy atom. The van der Waals surface area contributed by atoms with Crippen LogP contribution in [0.4, 0.5) is 4.39 Å². The first-order valence-corrected chi connectivity index (χ1v) is 13.7. The lowest BCUT2D eigenvalue weighted by Gasteiger charge is -2.40. The summed E-state index contributed by atoms with van der Waals surface area (Å²) in [7, 11) is -1.05. The van der Waals surface area contributed by atoms with Crippen molar-refractivity contribution in [2.45, 2.75) is 50.1 Å². The third kappa shape index (κ3) is 4.75. The second-order valence-electron chi connectivity index (χ2n) is 9.75. The van der Waals surface area contributed by atoms with E-state index in [0.717, 1.165) is 19.0 Å². The number of piperidine rings is 1. The highest BCUT2D eigenvalue weighted by molar-refractivity contribution is 7.92. The monoisotopic (exact) mass is 504 g/mol. The molecule has 0 radical (unpaired) electrons. The zero-order valence-electron chi connectivity index (χ0n) is 19.5. The van der Waals surface area contributed by atoms with Crippen LogP contribution in [0.5, 0.6) is 5.88 Å². The molecule has 2 aromatic rings. The quantitative estimate of drug-likeness (QED) is 0.571. The summed E-state index contributed by atoms with van der Waals surface area (Å²) in [5.74, 6) is -0.0638. The molecule has 3 aliphatic rings. The standard InChI is InChI=1S/C23H29FN6O4S/c1-34-20-10-16(17(24)13-26-20)18-11-19(29-28-18)22(32)30-7-2-14(12-23(30)5-6-23)21(31)27-15-3-8-35(25,33)9-4-15/h10-11,13-15,25H,2-9,12H2,1H3,(H,27,31)(H,28,29)/t14-,15?,35?/m1/s1. The molecule has 0 bridgehead atoms. The predicted molar refractivity (Wildman–Crippen MR) is 126 cm³/mol. The van der Waals surface area contributed by atoms with Gasteiger partial charge >= 0.3 is 0 Å². The van der Waals surface area contributed by atoms with Crippen molar-refractivity contribution in [2.75, 3.05) is 25.2 Å². The molecule has 2 aliphatic heterocycles. The first-order chi connectivity index (χ1) is 16.7. The number of H-pyrrole nitrogens is 1. The van der Waals surface area contributed by atoms with Gasteiger partial charge < -0.3 is 15.0 Å². The van der Waals surface area contributed by atoms with Crippen LogP contribution in [0.2, 0.25) is 0 Å². The van der Waals surface area contributed by atoms with Gasteiger partial charge in [-0.1, -0.05) is 0 Å². The molecule has 12 heteroatoms. The number of pyridine rings is 1. The Morgan fingerprint density at radius 2 is 2.03 bits per heavy atom. The number of aromatic amines is 1. The molecule has 3 N–H and O–H groups in total. The van der Waals surface area contributed by atoms with E-state index in [4.69, 9.17) is 9.52 Å². The molecular weight excluding hydrogens is 475 g/mol. The molecule has 1 aliphatic carbocycles. The Kier molecular flexibility index (Phi) is 6.02. The maximum Gasteiger partial charge on any atom is 0.272 e. The average Bonchev–Trinajstić information content (AvgIpc) is 3.41. The number of hydrogen-bond donors (Lipinski definition) is 3. The average molecular weight is 505 g/mol. The molecule has 1 saturated carbocycles. The highest BCUT2D eigenvalue weighted by Gasteiger charge is 2.54. The Balaban J connectivity index is 1.24. The largest absolute Gasteiger partial charge is 0.481 e. The molecule has 4 heterocycles. The third-order valence-electron chi connectivity index (χ3n) is 7.41. The number of amides is 2.